The minimum atomic E-state index is -0.795. The molecule has 0 aliphatic carbocycles. The molecule has 0 spiro atoms. The Labute approximate surface area is 131 Å². The number of hydrogen-bond donors (Lipinski definition) is 2. The fourth-order valence-corrected chi connectivity index (χ4v) is 3.82. The molecule has 2 heterocycles. The number of nitrogens with one attached hydrogen (secondary N) is 1. The van der Waals surface area contributed by atoms with Gasteiger partial charge in [0.05, 0.1) is 5.60 Å². The van der Waals surface area contributed by atoms with E-state index in [9.17, 15) is 9.90 Å². The van der Waals surface area contributed by atoms with Crippen molar-refractivity contribution < 1.29 is 14.3 Å². The van der Waals surface area contributed by atoms with Crippen LogP contribution in [0.3, 0.4) is 0 Å². The molecule has 4 nitrogen and oxygen atoms in total. The maximum absolute atomic E-state index is 12.1. The molecule has 0 saturated carbocycles. The zero-order valence-electron chi connectivity index (χ0n) is 11.4. The highest BCUT2D eigenvalue weighted by molar-refractivity contribution is 7.99. The zero-order valence-corrected chi connectivity index (χ0v) is 13.0. The van der Waals surface area contributed by atoms with Crippen LogP contribution in [0.25, 0.3) is 11.0 Å². The van der Waals surface area contributed by atoms with Gasteiger partial charge in [0.1, 0.15) is 5.58 Å². The van der Waals surface area contributed by atoms with Gasteiger partial charge in [-0.05, 0) is 48.6 Å². The van der Waals surface area contributed by atoms with Crippen molar-refractivity contribution in [3.8, 4) is 0 Å². The third kappa shape index (κ3) is 3.36. The van der Waals surface area contributed by atoms with Crippen molar-refractivity contribution in [3.05, 3.63) is 35.0 Å². The van der Waals surface area contributed by atoms with E-state index in [-0.39, 0.29) is 18.2 Å². The van der Waals surface area contributed by atoms with Crippen LogP contribution >= 0.6 is 23.4 Å². The van der Waals surface area contributed by atoms with Crippen molar-refractivity contribution in [1.29, 1.82) is 0 Å². The highest BCUT2D eigenvalue weighted by Crippen LogP contribution is 2.27. The first-order valence-electron chi connectivity index (χ1n) is 6.83. The van der Waals surface area contributed by atoms with Crippen LogP contribution in [0.2, 0.25) is 5.02 Å². The van der Waals surface area contributed by atoms with E-state index in [1.54, 1.807) is 24.3 Å². The van der Waals surface area contributed by atoms with Crippen molar-refractivity contribution in [2.45, 2.75) is 18.4 Å². The number of furan rings is 1. The molecule has 3 rings (SSSR count). The number of halogens is 1. The van der Waals surface area contributed by atoms with Gasteiger partial charge in [-0.15, -0.1) is 0 Å². The van der Waals surface area contributed by atoms with E-state index in [1.807, 2.05) is 11.8 Å². The lowest BCUT2D eigenvalue weighted by Crippen LogP contribution is -2.45. The number of carbonyl (C=O) groups is 1. The summed E-state index contributed by atoms with van der Waals surface area (Å²) in [5.41, 5.74) is -0.173. The number of amides is 1. The van der Waals surface area contributed by atoms with Gasteiger partial charge >= 0.3 is 0 Å². The van der Waals surface area contributed by atoms with E-state index in [4.69, 9.17) is 16.0 Å². The molecule has 1 aromatic heterocycles. The van der Waals surface area contributed by atoms with Gasteiger partial charge in [-0.25, -0.2) is 0 Å². The van der Waals surface area contributed by atoms with Gasteiger partial charge in [-0.1, -0.05) is 11.6 Å². The Morgan fingerprint density at radius 1 is 1.38 bits per heavy atom. The number of hydrogen-bond acceptors (Lipinski definition) is 4. The van der Waals surface area contributed by atoms with Crippen molar-refractivity contribution in [1.82, 2.24) is 5.32 Å². The molecule has 1 fully saturated rings. The Balaban J connectivity index is 1.69. The Bertz CT molecular complexity index is 664. The lowest BCUT2D eigenvalue weighted by Gasteiger charge is -2.31. The van der Waals surface area contributed by atoms with Gasteiger partial charge in [0.15, 0.2) is 5.76 Å². The second-order valence-electron chi connectivity index (χ2n) is 5.31. The minimum absolute atomic E-state index is 0.237. The number of rotatable bonds is 3. The summed E-state index contributed by atoms with van der Waals surface area (Å²) in [4.78, 5) is 12.1. The smallest absolute Gasteiger partial charge is 0.287 e. The van der Waals surface area contributed by atoms with E-state index in [1.165, 1.54) is 0 Å². The zero-order chi connectivity index (χ0) is 14.9. The SMILES string of the molecule is O=C(NCC1(O)CCSCC1)c1cc2cc(Cl)ccc2o1. The molecule has 1 amide bonds. The van der Waals surface area contributed by atoms with Crippen LogP contribution in [0.5, 0.6) is 0 Å². The van der Waals surface area contributed by atoms with E-state index in [0.29, 0.717) is 23.4 Å². The average Bonchev–Trinajstić information content (AvgIpc) is 2.88. The highest BCUT2D eigenvalue weighted by Gasteiger charge is 2.30. The normalized spacial score (nSPS) is 17.8. The molecule has 6 heteroatoms. The molecule has 0 radical (unpaired) electrons. The molecule has 0 unspecified atom stereocenters. The van der Waals surface area contributed by atoms with Crippen molar-refractivity contribution in [2.75, 3.05) is 18.1 Å². The van der Waals surface area contributed by atoms with Crippen LogP contribution in [0.15, 0.2) is 28.7 Å². The van der Waals surface area contributed by atoms with Crippen LogP contribution in [0.1, 0.15) is 23.4 Å². The third-order valence-electron chi connectivity index (χ3n) is 3.70. The number of aliphatic hydroxyl groups is 1. The molecular weight excluding hydrogens is 310 g/mol. The molecule has 1 aliphatic heterocycles. The number of fused-ring (bicyclic) bond motifs is 1. The van der Waals surface area contributed by atoms with Crippen LogP contribution in [0, 0.1) is 0 Å². The number of carbonyl (C=O) groups excluding carboxylic acids is 1. The first-order chi connectivity index (χ1) is 10.1. The first-order valence-corrected chi connectivity index (χ1v) is 8.36. The Morgan fingerprint density at radius 2 is 2.14 bits per heavy atom. The molecule has 21 heavy (non-hydrogen) atoms. The van der Waals surface area contributed by atoms with Crippen LogP contribution in [-0.4, -0.2) is 34.7 Å². The fourth-order valence-electron chi connectivity index (χ4n) is 2.39. The summed E-state index contributed by atoms with van der Waals surface area (Å²) in [5.74, 6) is 1.78. The molecule has 1 saturated heterocycles. The quantitative estimate of drug-likeness (QED) is 0.910. The molecule has 0 bridgehead atoms. The van der Waals surface area contributed by atoms with Gasteiger partial charge in [0.25, 0.3) is 5.91 Å². The first kappa shape index (κ1) is 14.8. The average molecular weight is 326 g/mol. The largest absolute Gasteiger partial charge is 0.451 e. The summed E-state index contributed by atoms with van der Waals surface area (Å²) in [7, 11) is 0. The summed E-state index contributed by atoms with van der Waals surface area (Å²) < 4.78 is 5.50. The topological polar surface area (TPSA) is 62.5 Å². The van der Waals surface area contributed by atoms with E-state index in [0.717, 1.165) is 16.9 Å². The maximum atomic E-state index is 12.1. The molecule has 1 aromatic carbocycles. The Hall–Kier alpha value is -1.17. The molecule has 2 aromatic rings. The second-order valence-corrected chi connectivity index (χ2v) is 6.97. The predicted molar refractivity (Wildman–Crippen MR) is 85.1 cm³/mol. The van der Waals surface area contributed by atoms with Gasteiger partial charge in [-0.3, -0.25) is 4.79 Å². The van der Waals surface area contributed by atoms with Crippen molar-refractivity contribution in [2.24, 2.45) is 0 Å². The third-order valence-corrected chi connectivity index (χ3v) is 4.92. The minimum Gasteiger partial charge on any atom is -0.451 e. The van der Waals surface area contributed by atoms with Gasteiger partial charge < -0.3 is 14.8 Å². The van der Waals surface area contributed by atoms with Gasteiger partial charge in [-0.2, -0.15) is 11.8 Å². The Kier molecular flexibility index (Phi) is 4.15. The molecular formula is C15H16ClNO3S. The standard InChI is InChI=1S/C15H16ClNO3S/c16-11-1-2-12-10(7-11)8-13(20-12)14(18)17-9-15(19)3-5-21-6-4-15/h1-2,7-8,19H,3-6,9H2,(H,17,18). The molecule has 112 valence electrons. The summed E-state index contributed by atoms with van der Waals surface area (Å²) in [5, 5.41) is 14.5. The number of thioether (sulfide) groups is 1. The summed E-state index contributed by atoms with van der Waals surface area (Å²) >= 11 is 7.74. The summed E-state index contributed by atoms with van der Waals surface area (Å²) in [6.07, 6.45) is 1.40. The van der Waals surface area contributed by atoms with E-state index in [2.05, 4.69) is 5.32 Å². The fraction of sp³-hybridized carbons (Fsp3) is 0.400. The second kappa shape index (κ2) is 5.91. The molecule has 1 aliphatic rings. The van der Waals surface area contributed by atoms with Gasteiger partial charge in [0.2, 0.25) is 0 Å². The number of benzene rings is 1. The van der Waals surface area contributed by atoms with E-state index >= 15 is 0 Å². The Morgan fingerprint density at radius 3 is 2.90 bits per heavy atom. The van der Waals surface area contributed by atoms with Crippen LogP contribution < -0.4 is 5.32 Å². The lowest BCUT2D eigenvalue weighted by atomic mass is 9.97. The van der Waals surface area contributed by atoms with Crippen LogP contribution in [0.4, 0.5) is 0 Å². The van der Waals surface area contributed by atoms with Crippen molar-refractivity contribution >= 4 is 40.2 Å². The predicted octanol–water partition coefficient (Wildman–Crippen LogP) is 3.07. The molecule has 2 N–H and O–H groups in total. The summed E-state index contributed by atoms with van der Waals surface area (Å²) in [6, 6.07) is 6.87. The lowest BCUT2D eigenvalue weighted by molar-refractivity contribution is 0.0307. The molecule has 0 atom stereocenters. The summed E-state index contributed by atoms with van der Waals surface area (Å²) in [6.45, 7) is 0.254. The monoisotopic (exact) mass is 325 g/mol. The highest BCUT2D eigenvalue weighted by atomic mass is 35.5. The maximum Gasteiger partial charge on any atom is 0.287 e. The van der Waals surface area contributed by atoms with Crippen molar-refractivity contribution in [3.63, 3.8) is 0 Å². The van der Waals surface area contributed by atoms with E-state index < -0.39 is 5.60 Å². The van der Waals surface area contributed by atoms with Crippen LogP contribution in [-0.2, 0) is 0 Å². The van der Waals surface area contributed by atoms with Gasteiger partial charge in [0, 0.05) is 17.0 Å².